The lowest BCUT2D eigenvalue weighted by Gasteiger charge is -2.12. The Balaban J connectivity index is 2.05. The summed E-state index contributed by atoms with van der Waals surface area (Å²) in [7, 11) is 3.36. The van der Waals surface area contributed by atoms with E-state index in [2.05, 4.69) is 15.6 Å². The van der Waals surface area contributed by atoms with Crippen molar-refractivity contribution in [2.75, 3.05) is 53.7 Å². The van der Waals surface area contributed by atoms with E-state index in [0.29, 0.717) is 44.7 Å². The van der Waals surface area contributed by atoms with Crippen LogP contribution in [0.15, 0.2) is 29.3 Å². The summed E-state index contributed by atoms with van der Waals surface area (Å²) in [6.45, 7) is 3.65. The van der Waals surface area contributed by atoms with Crippen molar-refractivity contribution < 1.29 is 18.6 Å². The normalized spacial score (nSPS) is 11.3. The molecule has 6 nitrogen and oxygen atoms in total. The van der Waals surface area contributed by atoms with Gasteiger partial charge in [-0.05, 0) is 18.6 Å². The van der Waals surface area contributed by atoms with E-state index in [9.17, 15) is 4.39 Å². The second kappa shape index (κ2) is 12.7. The summed E-state index contributed by atoms with van der Waals surface area (Å²) in [6.07, 6.45) is 0.879. The molecule has 0 unspecified atom stereocenters. The van der Waals surface area contributed by atoms with Crippen LogP contribution in [0.2, 0.25) is 0 Å². The lowest BCUT2D eigenvalue weighted by atomic mass is 10.3. The minimum atomic E-state index is -0.305. The van der Waals surface area contributed by atoms with E-state index in [4.69, 9.17) is 14.2 Å². The molecule has 0 bridgehead atoms. The standard InChI is InChI=1S/C16H26FN3O3/c1-18-16(19-7-4-9-22-12-11-21-2)20-8-10-23-15-6-3-5-14(17)13-15/h3,5-6,13H,4,7-12H2,1-2H3,(H2,18,19,20). The third-order valence-electron chi connectivity index (χ3n) is 2.87. The summed E-state index contributed by atoms with van der Waals surface area (Å²) in [5.74, 6) is 0.911. The van der Waals surface area contributed by atoms with E-state index in [1.807, 2.05) is 0 Å². The van der Waals surface area contributed by atoms with Gasteiger partial charge in [0.15, 0.2) is 5.96 Å². The van der Waals surface area contributed by atoms with E-state index in [1.165, 1.54) is 12.1 Å². The number of guanidine groups is 1. The van der Waals surface area contributed by atoms with Gasteiger partial charge in [-0.15, -0.1) is 0 Å². The maximum absolute atomic E-state index is 13.0. The van der Waals surface area contributed by atoms with Crippen molar-refractivity contribution in [3.8, 4) is 5.75 Å². The van der Waals surface area contributed by atoms with Crippen molar-refractivity contribution in [2.45, 2.75) is 6.42 Å². The number of aliphatic imine (C=N–C) groups is 1. The number of rotatable bonds is 11. The zero-order chi connectivity index (χ0) is 16.8. The predicted octanol–water partition coefficient (Wildman–Crippen LogP) is 1.42. The molecule has 0 fully saturated rings. The Bertz CT molecular complexity index is 458. The summed E-state index contributed by atoms with van der Waals surface area (Å²) in [5, 5.41) is 6.30. The van der Waals surface area contributed by atoms with Crippen LogP contribution < -0.4 is 15.4 Å². The first kappa shape index (κ1) is 19.2. The molecule has 1 aromatic rings. The van der Waals surface area contributed by atoms with Gasteiger partial charge in [0.05, 0.1) is 19.8 Å². The Labute approximate surface area is 137 Å². The molecule has 0 heterocycles. The summed E-state index contributed by atoms with van der Waals surface area (Å²) in [5.41, 5.74) is 0. The molecular formula is C16H26FN3O3. The smallest absolute Gasteiger partial charge is 0.191 e. The molecule has 7 heteroatoms. The zero-order valence-electron chi connectivity index (χ0n) is 13.8. The molecule has 23 heavy (non-hydrogen) atoms. The van der Waals surface area contributed by atoms with Crippen molar-refractivity contribution >= 4 is 5.96 Å². The predicted molar refractivity (Wildman–Crippen MR) is 88.6 cm³/mol. The molecule has 0 aliphatic carbocycles. The summed E-state index contributed by atoms with van der Waals surface area (Å²) in [4.78, 5) is 4.11. The van der Waals surface area contributed by atoms with Crippen LogP contribution in [-0.2, 0) is 9.47 Å². The number of benzene rings is 1. The highest BCUT2D eigenvalue weighted by atomic mass is 19.1. The van der Waals surface area contributed by atoms with Crippen LogP contribution in [0.5, 0.6) is 5.75 Å². The van der Waals surface area contributed by atoms with E-state index in [-0.39, 0.29) is 5.82 Å². The second-order valence-electron chi connectivity index (χ2n) is 4.69. The maximum atomic E-state index is 13.0. The van der Waals surface area contributed by atoms with Gasteiger partial charge in [0, 0.05) is 33.4 Å². The number of nitrogens with zero attached hydrogens (tertiary/aromatic N) is 1. The Morgan fingerprint density at radius 1 is 1.13 bits per heavy atom. The largest absolute Gasteiger partial charge is 0.492 e. The molecule has 1 rings (SSSR count). The van der Waals surface area contributed by atoms with E-state index in [0.717, 1.165) is 13.0 Å². The SMILES string of the molecule is CN=C(NCCCOCCOC)NCCOc1cccc(F)c1. The third-order valence-corrected chi connectivity index (χ3v) is 2.87. The third kappa shape index (κ3) is 9.70. The van der Waals surface area contributed by atoms with Gasteiger partial charge in [0.1, 0.15) is 18.2 Å². The number of nitrogens with one attached hydrogen (secondary N) is 2. The Hall–Kier alpha value is -1.86. The van der Waals surface area contributed by atoms with Crippen LogP contribution in [0.25, 0.3) is 0 Å². The van der Waals surface area contributed by atoms with Crippen LogP contribution in [-0.4, -0.2) is 59.6 Å². The van der Waals surface area contributed by atoms with Crippen LogP contribution in [0, 0.1) is 5.82 Å². The molecule has 0 atom stereocenters. The van der Waals surface area contributed by atoms with Crippen molar-refractivity contribution in [1.82, 2.24) is 10.6 Å². The highest BCUT2D eigenvalue weighted by Gasteiger charge is 1.98. The molecule has 1 aromatic carbocycles. The Kier molecular flexibility index (Phi) is 10.6. The monoisotopic (exact) mass is 327 g/mol. The average Bonchev–Trinajstić information content (AvgIpc) is 2.56. The second-order valence-corrected chi connectivity index (χ2v) is 4.69. The molecule has 0 aliphatic heterocycles. The maximum Gasteiger partial charge on any atom is 0.191 e. The molecule has 0 aromatic heterocycles. The quantitative estimate of drug-likeness (QED) is 0.366. The Morgan fingerprint density at radius 2 is 1.96 bits per heavy atom. The summed E-state index contributed by atoms with van der Waals surface area (Å²) < 4.78 is 28.7. The highest BCUT2D eigenvalue weighted by Crippen LogP contribution is 2.11. The first-order valence-electron chi connectivity index (χ1n) is 7.66. The first-order chi connectivity index (χ1) is 11.3. The van der Waals surface area contributed by atoms with E-state index < -0.39 is 0 Å². The molecule has 0 spiro atoms. The molecular weight excluding hydrogens is 301 g/mol. The number of halogens is 1. The molecule has 2 N–H and O–H groups in total. The van der Waals surface area contributed by atoms with Gasteiger partial charge in [0.2, 0.25) is 0 Å². The van der Waals surface area contributed by atoms with Gasteiger partial charge in [-0.25, -0.2) is 4.39 Å². The number of ether oxygens (including phenoxy) is 3. The summed E-state index contributed by atoms with van der Waals surface area (Å²) >= 11 is 0. The van der Waals surface area contributed by atoms with Crippen molar-refractivity contribution in [2.24, 2.45) is 4.99 Å². The van der Waals surface area contributed by atoms with Crippen molar-refractivity contribution in [1.29, 1.82) is 0 Å². The van der Waals surface area contributed by atoms with Crippen molar-refractivity contribution in [3.05, 3.63) is 30.1 Å². The lowest BCUT2D eigenvalue weighted by molar-refractivity contribution is 0.0698. The minimum absolute atomic E-state index is 0.305. The van der Waals surface area contributed by atoms with E-state index >= 15 is 0 Å². The van der Waals surface area contributed by atoms with Gasteiger partial charge >= 0.3 is 0 Å². The minimum Gasteiger partial charge on any atom is -0.492 e. The van der Waals surface area contributed by atoms with Gasteiger partial charge in [-0.2, -0.15) is 0 Å². The van der Waals surface area contributed by atoms with Crippen molar-refractivity contribution in [3.63, 3.8) is 0 Å². The zero-order valence-corrected chi connectivity index (χ0v) is 13.8. The molecule has 130 valence electrons. The van der Waals surface area contributed by atoms with Crippen LogP contribution in [0.3, 0.4) is 0 Å². The van der Waals surface area contributed by atoms with Gasteiger partial charge in [0.25, 0.3) is 0 Å². The van der Waals surface area contributed by atoms with Gasteiger partial charge in [-0.3, -0.25) is 4.99 Å². The fourth-order valence-corrected chi connectivity index (χ4v) is 1.74. The molecule has 0 saturated carbocycles. The van der Waals surface area contributed by atoms with Crippen LogP contribution in [0.1, 0.15) is 6.42 Å². The average molecular weight is 327 g/mol. The van der Waals surface area contributed by atoms with Gasteiger partial charge < -0.3 is 24.8 Å². The topological polar surface area (TPSA) is 64.1 Å². The fourth-order valence-electron chi connectivity index (χ4n) is 1.74. The van der Waals surface area contributed by atoms with Crippen LogP contribution >= 0.6 is 0 Å². The van der Waals surface area contributed by atoms with Gasteiger partial charge in [-0.1, -0.05) is 6.07 Å². The number of hydrogen-bond donors (Lipinski definition) is 2. The number of hydrogen-bond acceptors (Lipinski definition) is 4. The van der Waals surface area contributed by atoms with Crippen LogP contribution in [0.4, 0.5) is 4.39 Å². The molecule has 0 saturated heterocycles. The summed E-state index contributed by atoms with van der Waals surface area (Å²) in [6, 6.07) is 6.08. The Morgan fingerprint density at radius 3 is 2.70 bits per heavy atom. The molecule has 0 radical (unpaired) electrons. The highest BCUT2D eigenvalue weighted by molar-refractivity contribution is 5.79. The molecule has 0 amide bonds. The van der Waals surface area contributed by atoms with E-state index in [1.54, 1.807) is 26.3 Å². The lowest BCUT2D eigenvalue weighted by Crippen LogP contribution is -2.39. The number of methoxy groups -OCH3 is 1. The molecule has 0 aliphatic rings. The first-order valence-corrected chi connectivity index (χ1v) is 7.66. The fraction of sp³-hybridized carbons (Fsp3) is 0.562.